The molecule has 0 aromatic heterocycles. The van der Waals surface area contributed by atoms with E-state index in [1.165, 1.54) is 6.08 Å². The average Bonchev–Trinajstić information content (AvgIpc) is 2.28. The van der Waals surface area contributed by atoms with E-state index >= 15 is 0 Å². The van der Waals surface area contributed by atoms with Crippen LogP contribution in [0.15, 0.2) is 12.7 Å². The first-order valence-corrected chi connectivity index (χ1v) is 4.95. The van der Waals surface area contributed by atoms with Gasteiger partial charge in [-0.1, -0.05) is 6.58 Å². The zero-order valence-corrected chi connectivity index (χ0v) is 10.0. The Morgan fingerprint density at radius 2 is 2.00 bits per heavy atom. The Kier molecular flexibility index (Phi) is 2.94. The number of methoxy groups -OCH3 is 1. The molecule has 15 heavy (non-hydrogen) atoms. The van der Waals surface area contributed by atoms with Gasteiger partial charge >= 0.3 is 0 Å². The molecule has 0 aromatic carbocycles. The number of carbonyl (C=O) groups excluding carboxylic acids is 1. The van der Waals surface area contributed by atoms with E-state index in [1.54, 1.807) is 12.0 Å². The normalized spacial score (nSPS) is 27.8. The van der Waals surface area contributed by atoms with Crippen LogP contribution in [0.2, 0.25) is 0 Å². The van der Waals surface area contributed by atoms with Crippen LogP contribution in [-0.2, 0) is 14.3 Å². The van der Waals surface area contributed by atoms with Gasteiger partial charge in [0.2, 0.25) is 5.91 Å². The van der Waals surface area contributed by atoms with Gasteiger partial charge in [0, 0.05) is 7.11 Å². The van der Waals surface area contributed by atoms with Crippen LogP contribution in [0.3, 0.4) is 0 Å². The van der Waals surface area contributed by atoms with Crippen molar-refractivity contribution in [2.45, 2.75) is 45.2 Å². The summed E-state index contributed by atoms with van der Waals surface area (Å²) >= 11 is 0. The Morgan fingerprint density at radius 1 is 1.47 bits per heavy atom. The number of carbonyl (C=O) groups is 1. The summed E-state index contributed by atoms with van der Waals surface area (Å²) < 4.78 is 11.1. The van der Waals surface area contributed by atoms with Crippen molar-refractivity contribution in [3.8, 4) is 0 Å². The quantitative estimate of drug-likeness (QED) is 0.653. The van der Waals surface area contributed by atoms with Gasteiger partial charge in [0.15, 0.2) is 6.23 Å². The minimum Gasteiger partial charge on any atom is -0.358 e. The van der Waals surface area contributed by atoms with Gasteiger partial charge in [-0.05, 0) is 33.8 Å². The lowest BCUT2D eigenvalue weighted by Crippen LogP contribution is -2.49. The topological polar surface area (TPSA) is 38.8 Å². The number of hydrogen-bond acceptors (Lipinski definition) is 3. The average molecular weight is 213 g/mol. The second-order valence-electron chi connectivity index (χ2n) is 4.65. The first kappa shape index (κ1) is 12.2. The van der Waals surface area contributed by atoms with Crippen LogP contribution in [0.1, 0.15) is 27.7 Å². The van der Waals surface area contributed by atoms with Crippen LogP contribution in [0.5, 0.6) is 0 Å². The largest absolute Gasteiger partial charge is 0.358 e. The highest BCUT2D eigenvalue weighted by atomic mass is 16.6. The van der Waals surface area contributed by atoms with E-state index in [0.29, 0.717) is 0 Å². The van der Waals surface area contributed by atoms with Crippen molar-refractivity contribution < 1.29 is 14.3 Å². The molecule has 1 saturated heterocycles. The number of hydrogen-bond donors (Lipinski definition) is 0. The molecule has 1 atom stereocenters. The summed E-state index contributed by atoms with van der Waals surface area (Å²) in [5.74, 6) is -0.183. The fourth-order valence-electron chi connectivity index (χ4n) is 2.21. The van der Waals surface area contributed by atoms with Gasteiger partial charge in [0.1, 0.15) is 11.3 Å². The van der Waals surface area contributed by atoms with Gasteiger partial charge in [-0.25, -0.2) is 0 Å². The van der Waals surface area contributed by atoms with Gasteiger partial charge in [-0.2, -0.15) is 0 Å². The minimum atomic E-state index is -0.671. The molecule has 0 bridgehead atoms. The summed E-state index contributed by atoms with van der Waals surface area (Å²) in [5.41, 5.74) is -1.19. The monoisotopic (exact) mass is 213 g/mol. The maximum Gasteiger partial charge on any atom is 0.250 e. The van der Waals surface area contributed by atoms with Crippen molar-refractivity contribution in [1.82, 2.24) is 4.90 Å². The van der Waals surface area contributed by atoms with Crippen LogP contribution in [0.4, 0.5) is 0 Å². The minimum absolute atomic E-state index is 0.183. The van der Waals surface area contributed by atoms with Crippen LogP contribution in [0, 0.1) is 0 Å². The number of nitrogens with zero attached hydrogens (tertiary/aromatic N) is 1. The third kappa shape index (κ3) is 1.92. The van der Waals surface area contributed by atoms with Gasteiger partial charge in [0.25, 0.3) is 0 Å². The fourth-order valence-corrected chi connectivity index (χ4v) is 2.21. The third-order valence-corrected chi connectivity index (χ3v) is 2.56. The van der Waals surface area contributed by atoms with Crippen molar-refractivity contribution in [1.29, 1.82) is 0 Å². The molecule has 1 unspecified atom stereocenters. The molecule has 0 aliphatic carbocycles. The van der Waals surface area contributed by atoms with Gasteiger partial charge in [0.05, 0.1) is 0 Å². The molecule has 4 nitrogen and oxygen atoms in total. The maximum atomic E-state index is 11.7. The van der Waals surface area contributed by atoms with Gasteiger partial charge in [-0.15, -0.1) is 0 Å². The molecule has 0 spiro atoms. The third-order valence-electron chi connectivity index (χ3n) is 2.56. The summed E-state index contributed by atoms with van der Waals surface area (Å²) in [5, 5.41) is 0. The zero-order chi connectivity index (χ0) is 11.9. The maximum absolute atomic E-state index is 11.7. The van der Waals surface area contributed by atoms with Crippen LogP contribution < -0.4 is 0 Å². The van der Waals surface area contributed by atoms with Crippen molar-refractivity contribution >= 4 is 5.91 Å². The summed E-state index contributed by atoms with van der Waals surface area (Å²) in [6.07, 6.45) is 0.886. The van der Waals surface area contributed by atoms with Crippen LogP contribution in [0.25, 0.3) is 0 Å². The van der Waals surface area contributed by atoms with Crippen molar-refractivity contribution in [2.75, 3.05) is 7.11 Å². The Labute approximate surface area is 90.8 Å². The molecule has 0 N–H and O–H groups in total. The second kappa shape index (κ2) is 3.61. The van der Waals surface area contributed by atoms with Gasteiger partial charge in [-0.3, -0.25) is 9.69 Å². The Hall–Kier alpha value is -0.870. The van der Waals surface area contributed by atoms with E-state index in [1.807, 2.05) is 27.7 Å². The summed E-state index contributed by atoms with van der Waals surface area (Å²) in [7, 11) is 1.57. The number of amides is 1. The molecule has 1 aliphatic rings. The van der Waals surface area contributed by atoms with Crippen molar-refractivity contribution in [2.24, 2.45) is 0 Å². The molecule has 1 amide bonds. The molecule has 1 fully saturated rings. The number of rotatable bonds is 2. The predicted octanol–water partition coefficient (Wildman–Crippen LogP) is 1.52. The molecule has 86 valence electrons. The standard InChI is InChI=1S/C11H19NO3/c1-7-8(13)12-9(14-6)10(2,3)15-11(12,4)5/h7,9H,1H2,2-6H3. The molecule has 1 heterocycles. The van der Waals surface area contributed by atoms with E-state index in [0.717, 1.165) is 0 Å². The number of ether oxygens (including phenoxy) is 2. The SMILES string of the molecule is C=CC(=O)N1C(OC)C(C)(C)OC1(C)C. The van der Waals surface area contributed by atoms with Crippen molar-refractivity contribution in [3.63, 3.8) is 0 Å². The fraction of sp³-hybridized carbons (Fsp3) is 0.727. The lowest BCUT2D eigenvalue weighted by Gasteiger charge is -2.32. The molecule has 0 aromatic rings. The Balaban J connectivity index is 3.10. The molecule has 1 aliphatic heterocycles. The molecule has 0 radical (unpaired) electrons. The first-order valence-electron chi connectivity index (χ1n) is 4.95. The highest BCUT2D eigenvalue weighted by Gasteiger charge is 2.54. The van der Waals surface area contributed by atoms with E-state index in [9.17, 15) is 4.79 Å². The smallest absolute Gasteiger partial charge is 0.250 e. The summed E-state index contributed by atoms with van der Waals surface area (Å²) in [6.45, 7) is 11.0. The molecular formula is C11H19NO3. The van der Waals surface area contributed by atoms with E-state index in [4.69, 9.17) is 9.47 Å². The highest BCUT2D eigenvalue weighted by molar-refractivity contribution is 5.88. The summed E-state index contributed by atoms with van der Waals surface area (Å²) in [6, 6.07) is 0. The Morgan fingerprint density at radius 3 is 2.40 bits per heavy atom. The molecular weight excluding hydrogens is 194 g/mol. The summed E-state index contributed by atoms with van der Waals surface area (Å²) in [4.78, 5) is 13.3. The second-order valence-corrected chi connectivity index (χ2v) is 4.65. The van der Waals surface area contributed by atoms with Crippen LogP contribution >= 0.6 is 0 Å². The highest BCUT2D eigenvalue weighted by Crippen LogP contribution is 2.39. The van der Waals surface area contributed by atoms with E-state index < -0.39 is 17.6 Å². The molecule has 4 heteroatoms. The molecule has 0 saturated carbocycles. The van der Waals surface area contributed by atoms with Gasteiger partial charge < -0.3 is 9.47 Å². The first-order chi connectivity index (χ1) is 6.76. The van der Waals surface area contributed by atoms with E-state index in [2.05, 4.69) is 6.58 Å². The lowest BCUT2D eigenvalue weighted by molar-refractivity contribution is -0.149. The lowest BCUT2D eigenvalue weighted by atomic mass is 10.1. The zero-order valence-electron chi connectivity index (χ0n) is 10.0. The predicted molar refractivity (Wildman–Crippen MR) is 57.1 cm³/mol. The van der Waals surface area contributed by atoms with E-state index in [-0.39, 0.29) is 5.91 Å². The van der Waals surface area contributed by atoms with Crippen LogP contribution in [-0.4, -0.2) is 35.5 Å². The Bertz CT molecular complexity index is 284. The van der Waals surface area contributed by atoms with Crippen molar-refractivity contribution in [3.05, 3.63) is 12.7 Å². The molecule has 1 rings (SSSR count).